The molecule has 1 saturated heterocycles. The van der Waals surface area contributed by atoms with Crippen molar-refractivity contribution in [2.75, 3.05) is 45.6 Å². The fraction of sp³-hybridized carbons (Fsp3) is 0.529. The van der Waals surface area contributed by atoms with Crippen molar-refractivity contribution in [1.29, 1.82) is 0 Å². The van der Waals surface area contributed by atoms with E-state index in [-0.39, 0.29) is 0 Å². The topological polar surface area (TPSA) is 59.1 Å². The van der Waals surface area contributed by atoms with Gasteiger partial charge in [0.25, 0.3) is 0 Å². The van der Waals surface area contributed by atoms with Crippen LogP contribution in [0.5, 0.6) is 11.5 Å². The van der Waals surface area contributed by atoms with Gasteiger partial charge >= 0.3 is 0 Å². The quantitative estimate of drug-likeness (QED) is 0.590. The number of benzene rings is 1. The normalized spacial score (nSPS) is 16.6. The number of sulfonamides is 1. The second kappa shape index (κ2) is 9.02. The Morgan fingerprint density at radius 1 is 1.24 bits per heavy atom. The van der Waals surface area contributed by atoms with Gasteiger partial charge in [0.1, 0.15) is 6.61 Å². The first-order valence-corrected chi connectivity index (χ1v) is 10.9. The molecule has 1 aromatic carbocycles. The molecule has 140 valence electrons. The van der Waals surface area contributed by atoms with Crippen LogP contribution in [0.2, 0.25) is 0 Å². The maximum atomic E-state index is 11.6. The highest BCUT2D eigenvalue weighted by Gasteiger charge is 2.23. The van der Waals surface area contributed by atoms with Gasteiger partial charge in [-0.3, -0.25) is 4.90 Å². The van der Waals surface area contributed by atoms with Crippen LogP contribution in [0.1, 0.15) is 12.5 Å². The Bertz CT molecular complexity index is 701. The summed E-state index contributed by atoms with van der Waals surface area (Å²) < 4.78 is 37.0. The zero-order valence-electron chi connectivity index (χ0n) is 14.7. The monoisotopic (exact) mass is 432 g/mol. The van der Waals surface area contributed by atoms with Crippen LogP contribution < -0.4 is 9.47 Å². The summed E-state index contributed by atoms with van der Waals surface area (Å²) in [6.07, 6.45) is 2.95. The van der Waals surface area contributed by atoms with Gasteiger partial charge in [0, 0.05) is 32.7 Å². The largest absolute Gasteiger partial charge is 0.490 e. The van der Waals surface area contributed by atoms with Crippen molar-refractivity contribution in [3.8, 4) is 11.5 Å². The first-order valence-electron chi connectivity index (χ1n) is 8.21. The molecule has 0 amide bonds. The van der Waals surface area contributed by atoms with E-state index >= 15 is 0 Å². The van der Waals surface area contributed by atoms with Crippen LogP contribution in [-0.2, 0) is 16.6 Å². The van der Waals surface area contributed by atoms with Gasteiger partial charge in [-0.25, -0.2) is 8.42 Å². The third kappa shape index (κ3) is 5.70. The standard InChI is InChI=1S/C17H25BrN2O4S/c1-4-10-24-17-15(18)11-14(12-16(17)23-5-2)13-19-6-8-20(9-7-19)25(3,21)22/h4,11-12H,1,5-10,13H2,2-3H3. The number of rotatable bonds is 8. The van der Waals surface area contributed by atoms with Crippen molar-refractivity contribution in [3.05, 3.63) is 34.8 Å². The Hall–Kier alpha value is -1.09. The first-order chi connectivity index (χ1) is 11.8. The van der Waals surface area contributed by atoms with Crippen molar-refractivity contribution in [2.24, 2.45) is 0 Å². The minimum Gasteiger partial charge on any atom is -0.490 e. The molecule has 6 nitrogen and oxygen atoms in total. The molecule has 0 saturated carbocycles. The summed E-state index contributed by atoms with van der Waals surface area (Å²) in [5.41, 5.74) is 1.09. The lowest BCUT2D eigenvalue weighted by Crippen LogP contribution is -2.47. The lowest BCUT2D eigenvalue weighted by atomic mass is 10.1. The summed E-state index contributed by atoms with van der Waals surface area (Å²) in [5, 5.41) is 0. The summed E-state index contributed by atoms with van der Waals surface area (Å²) in [6.45, 7) is 9.77. The minimum atomic E-state index is -3.10. The lowest BCUT2D eigenvalue weighted by Gasteiger charge is -2.33. The molecule has 2 rings (SSSR count). The molecule has 0 radical (unpaired) electrons. The fourth-order valence-electron chi connectivity index (χ4n) is 2.74. The Morgan fingerprint density at radius 3 is 2.48 bits per heavy atom. The van der Waals surface area contributed by atoms with E-state index in [4.69, 9.17) is 9.47 Å². The van der Waals surface area contributed by atoms with Crippen LogP contribution in [0.3, 0.4) is 0 Å². The Labute approximate surface area is 158 Å². The number of halogens is 1. The van der Waals surface area contributed by atoms with E-state index in [0.717, 1.165) is 16.6 Å². The van der Waals surface area contributed by atoms with E-state index in [1.54, 1.807) is 6.08 Å². The molecule has 0 atom stereocenters. The number of nitrogens with zero attached hydrogens (tertiary/aromatic N) is 2. The molecule has 0 aliphatic carbocycles. The van der Waals surface area contributed by atoms with Gasteiger partial charge in [-0.05, 0) is 40.5 Å². The molecule has 0 bridgehead atoms. The van der Waals surface area contributed by atoms with Gasteiger partial charge < -0.3 is 9.47 Å². The summed E-state index contributed by atoms with van der Waals surface area (Å²) in [5.74, 6) is 1.37. The number of hydrogen-bond donors (Lipinski definition) is 0. The minimum absolute atomic E-state index is 0.408. The van der Waals surface area contributed by atoms with Gasteiger partial charge in [0.15, 0.2) is 11.5 Å². The molecule has 0 spiro atoms. The summed E-state index contributed by atoms with van der Waals surface area (Å²) in [7, 11) is -3.10. The molecular weight excluding hydrogens is 408 g/mol. The molecule has 1 aliphatic heterocycles. The van der Waals surface area contributed by atoms with Crippen LogP contribution in [0.25, 0.3) is 0 Å². The number of piperazine rings is 1. The summed E-state index contributed by atoms with van der Waals surface area (Å²) in [4.78, 5) is 2.24. The molecule has 1 fully saturated rings. The average molecular weight is 433 g/mol. The first kappa shape index (κ1) is 20.2. The predicted molar refractivity (Wildman–Crippen MR) is 103 cm³/mol. The van der Waals surface area contributed by atoms with Crippen LogP contribution in [-0.4, -0.2) is 63.3 Å². The highest BCUT2D eigenvalue weighted by Crippen LogP contribution is 2.37. The molecule has 25 heavy (non-hydrogen) atoms. The number of ether oxygens (including phenoxy) is 2. The Morgan fingerprint density at radius 2 is 1.92 bits per heavy atom. The predicted octanol–water partition coefficient (Wildman–Crippen LogP) is 2.49. The van der Waals surface area contributed by atoms with E-state index in [0.29, 0.717) is 50.9 Å². The van der Waals surface area contributed by atoms with E-state index < -0.39 is 10.0 Å². The van der Waals surface area contributed by atoms with Gasteiger partial charge in [-0.15, -0.1) is 0 Å². The van der Waals surface area contributed by atoms with E-state index in [1.165, 1.54) is 10.6 Å². The van der Waals surface area contributed by atoms with Gasteiger partial charge in [0.2, 0.25) is 10.0 Å². The summed E-state index contributed by atoms with van der Waals surface area (Å²) >= 11 is 3.55. The summed E-state index contributed by atoms with van der Waals surface area (Å²) in [6, 6.07) is 4.00. The molecule has 1 heterocycles. The average Bonchev–Trinajstić information content (AvgIpc) is 2.54. The van der Waals surface area contributed by atoms with E-state index in [1.807, 2.05) is 19.1 Å². The zero-order chi connectivity index (χ0) is 18.4. The van der Waals surface area contributed by atoms with Crippen molar-refractivity contribution in [2.45, 2.75) is 13.5 Å². The zero-order valence-corrected chi connectivity index (χ0v) is 17.1. The molecular formula is C17H25BrN2O4S. The maximum absolute atomic E-state index is 11.6. The second-order valence-electron chi connectivity index (χ2n) is 5.88. The van der Waals surface area contributed by atoms with Crippen molar-refractivity contribution in [1.82, 2.24) is 9.21 Å². The highest BCUT2D eigenvalue weighted by molar-refractivity contribution is 9.10. The van der Waals surface area contributed by atoms with Crippen LogP contribution in [0, 0.1) is 0 Å². The van der Waals surface area contributed by atoms with Gasteiger partial charge in [-0.2, -0.15) is 4.31 Å². The fourth-order valence-corrected chi connectivity index (χ4v) is 4.17. The molecule has 1 aromatic rings. The molecule has 0 aromatic heterocycles. The van der Waals surface area contributed by atoms with E-state index in [2.05, 4.69) is 27.4 Å². The van der Waals surface area contributed by atoms with Crippen molar-refractivity contribution < 1.29 is 17.9 Å². The third-order valence-electron chi connectivity index (χ3n) is 3.92. The highest BCUT2D eigenvalue weighted by atomic mass is 79.9. The van der Waals surface area contributed by atoms with Gasteiger partial charge in [0.05, 0.1) is 17.3 Å². The number of hydrogen-bond acceptors (Lipinski definition) is 5. The van der Waals surface area contributed by atoms with Crippen LogP contribution >= 0.6 is 15.9 Å². The maximum Gasteiger partial charge on any atom is 0.211 e. The van der Waals surface area contributed by atoms with Crippen LogP contribution in [0.15, 0.2) is 29.3 Å². The van der Waals surface area contributed by atoms with Gasteiger partial charge in [-0.1, -0.05) is 12.7 Å². The molecule has 1 aliphatic rings. The van der Waals surface area contributed by atoms with Crippen molar-refractivity contribution in [3.63, 3.8) is 0 Å². The lowest BCUT2D eigenvalue weighted by molar-refractivity contribution is 0.182. The SMILES string of the molecule is C=CCOc1c(Br)cc(CN2CCN(S(C)(=O)=O)CC2)cc1OCC. The Balaban J connectivity index is 2.08. The third-order valence-corrected chi connectivity index (χ3v) is 5.81. The van der Waals surface area contributed by atoms with Crippen LogP contribution in [0.4, 0.5) is 0 Å². The molecule has 0 unspecified atom stereocenters. The second-order valence-corrected chi connectivity index (χ2v) is 8.71. The Kier molecular flexibility index (Phi) is 7.30. The smallest absolute Gasteiger partial charge is 0.211 e. The molecule has 8 heteroatoms. The van der Waals surface area contributed by atoms with E-state index in [9.17, 15) is 8.42 Å². The molecule has 0 N–H and O–H groups in total. The van der Waals surface area contributed by atoms with Crippen molar-refractivity contribution >= 4 is 26.0 Å².